The summed E-state index contributed by atoms with van der Waals surface area (Å²) in [6.45, 7) is 2.22. The first kappa shape index (κ1) is 31.1. The van der Waals surface area contributed by atoms with E-state index in [9.17, 15) is 19.2 Å². The van der Waals surface area contributed by atoms with Crippen molar-refractivity contribution in [3.8, 4) is 0 Å². The molecule has 3 N–H and O–H groups in total. The number of rotatable bonds is 14. The lowest BCUT2D eigenvalue weighted by molar-refractivity contribution is -0.128. The van der Waals surface area contributed by atoms with Gasteiger partial charge in [-0.15, -0.1) is 0 Å². The van der Waals surface area contributed by atoms with Gasteiger partial charge in [-0.2, -0.15) is 0 Å². The van der Waals surface area contributed by atoms with Crippen molar-refractivity contribution in [2.45, 2.75) is 77.0 Å². The number of nitrogens with one attached hydrogen (secondary N) is 3. The molecule has 3 amide bonds. The summed E-state index contributed by atoms with van der Waals surface area (Å²) < 4.78 is 5.34. The topological polar surface area (TPSA) is 114 Å². The zero-order chi connectivity index (χ0) is 28.7. The number of ether oxygens (including phenoxy) is 1. The van der Waals surface area contributed by atoms with Crippen molar-refractivity contribution in [3.63, 3.8) is 0 Å². The first-order valence-corrected chi connectivity index (χ1v) is 14.5. The first-order valence-electron chi connectivity index (χ1n) is 14.1. The predicted molar refractivity (Wildman–Crippen MR) is 155 cm³/mol. The first-order chi connectivity index (χ1) is 19.3. The summed E-state index contributed by atoms with van der Waals surface area (Å²) in [7, 11) is 0. The Morgan fingerprint density at radius 3 is 2.40 bits per heavy atom. The van der Waals surface area contributed by atoms with Crippen molar-refractivity contribution in [1.82, 2.24) is 16.0 Å². The van der Waals surface area contributed by atoms with Crippen LogP contribution in [0.5, 0.6) is 0 Å². The fourth-order valence-corrected chi connectivity index (χ4v) is 5.23. The van der Waals surface area contributed by atoms with Crippen molar-refractivity contribution in [2.24, 2.45) is 11.8 Å². The van der Waals surface area contributed by atoms with Crippen LogP contribution >= 0.6 is 11.6 Å². The summed E-state index contributed by atoms with van der Waals surface area (Å²) in [5.74, 6) is -0.835. The molecule has 2 unspecified atom stereocenters. The second-order valence-electron chi connectivity index (χ2n) is 10.6. The molecule has 1 aliphatic rings. The van der Waals surface area contributed by atoms with Gasteiger partial charge in [0, 0.05) is 17.5 Å². The van der Waals surface area contributed by atoms with E-state index in [1.807, 2.05) is 30.3 Å². The maximum Gasteiger partial charge on any atom is 0.408 e. The van der Waals surface area contributed by atoms with Gasteiger partial charge < -0.3 is 25.5 Å². The summed E-state index contributed by atoms with van der Waals surface area (Å²) in [4.78, 5) is 50.3. The summed E-state index contributed by atoms with van der Waals surface area (Å²) in [6, 6.07) is 15.1. The highest BCUT2D eigenvalue weighted by Gasteiger charge is 2.29. The van der Waals surface area contributed by atoms with Crippen molar-refractivity contribution in [1.29, 1.82) is 0 Å². The van der Waals surface area contributed by atoms with Gasteiger partial charge in [-0.25, -0.2) is 4.79 Å². The molecule has 40 heavy (non-hydrogen) atoms. The molecule has 3 atom stereocenters. The maximum absolute atomic E-state index is 13.3. The van der Waals surface area contributed by atoms with E-state index in [0.717, 1.165) is 36.8 Å². The van der Waals surface area contributed by atoms with Crippen LogP contribution in [-0.4, -0.2) is 42.8 Å². The Morgan fingerprint density at radius 1 is 0.975 bits per heavy atom. The van der Waals surface area contributed by atoms with Crippen LogP contribution in [0.25, 0.3) is 0 Å². The van der Waals surface area contributed by atoms with E-state index in [2.05, 4.69) is 16.0 Å². The average molecular weight is 570 g/mol. The summed E-state index contributed by atoms with van der Waals surface area (Å²) in [6.07, 6.45) is 6.56. The normalized spacial score (nSPS) is 15.8. The van der Waals surface area contributed by atoms with E-state index >= 15 is 0 Å². The van der Waals surface area contributed by atoms with Crippen LogP contribution in [0.1, 0.15) is 63.0 Å². The van der Waals surface area contributed by atoms with Gasteiger partial charge >= 0.3 is 6.09 Å². The molecule has 0 radical (unpaired) electrons. The Morgan fingerprint density at radius 2 is 1.70 bits per heavy atom. The van der Waals surface area contributed by atoms with Gasteiger partial charge in [0.25, 0.3) is 0 Å². The third kappa shape index (κ3) is 11.0. The number of alkyl carbamates (subject to hydrolysis) is 1. The number of halogens is 1. The molecule has 2 aromatic carbocycles. The molecule has 8 nitrogen and oxygen atoms in total. The monoisotopic (exact) mass is 569 g/mol. The average Bonchev–Trinajstić information content (AvgIpc) is 2.96. The largest absolute Gasteiger partial charge is 0.445 e. The van der Waals surface area contributed by atoms with Gasteiger partial charge in [-0.3, -0.25) is 9.59 Å². The Labute approximate surface area is 241 Å². The van der Waals surface area contributed by atoms with E-state index < -0.39 is 30.0 Å². The standard InChI is InChI=1S/C31H40ClN3O5/c1-22(29(37)33-16-15-23-9-4-2-5-10-23)17-27(20-36)34-30(38)28(19-24-11-6-3-7-12-24)35-31(39)40-21-25-13-8-14-26(32)18-25/h2,4-5,8-10,13-14,18,20,22,24,27-28H,3,6-7,11-12,15-17,19,21H2,1H3,(H,33,37)(H,34,38)(H,35,39)/t22?,27?,28-/m0/s1. The highest BCUT2D eigenvalue weighted by Crippen LogP contribution is 2.27. The Hall–Kier alpha value is -3.39. The molecule has 0 aliphatic heterocycles. The fraction of sp³-hybridized carbons (Fsp3) is 0.484. The smallest absolute Gasteiger partial charge is 0.408 e. The van der Waals surface area contributed by atoms with E-state index in [-0.39, 0.29) is 18.9 Å². The van der Waals surface area contributed by atoms with Crippen molar-refractivity contribution in [3.05, 3.63) is 70.7 Å². The number of benzene rings is 2. The minimum atomic E-state index is -0.861. The van der Waals surface area contributed by atoms with E-state index in [4.69, 9.17) is 16.3 Å². The van der Waals surface area contributed by atoms with Crippen LogP contribution < -0.4 is 16.0 Å². The van der Waals surface area contributed by atoms with Crippen LogP contribution in [-0.2, 0) is 32.1 Å². The quantitative estimate of drug-likeness (QED) is 0.278. The second kappa shape index (κ2) is 16.7. The highest BCUT2D eigenvalue weighted by molar-refractivity contribution is 6.30. The van der Waals surface area contributed by atoms with Gasteiger partial charge in [0.2, 0.25) is 11.8 Å². The van der Waals surface area contributed by atoms with Gasteiger partial charge in [-0.05, 0) is 48.4 Å². The Balaban J connectivity index is 1.53. The molecule has 0 bridgehead atoms. The molecule has 9 heteroatoms. The van der Waals surface area contributed by atoms with E-state index in [0.29, 0.717) is 36.6 Å². The number of aldehydes is 1. The number of carbonyl (C=O) groups excluding carboxylic acids is 4. The molecular formula is C31H40ClN3O5. The van der Waals surface area contributed by atoms with Gasteiger partial charge in [0.05, 0.1) is 6.04 Å². The van der Waals surface area contributed by atoms with Crippen LogP contribution in [0, 0.1) is 11.8 Å². The third-order valence-corrected chi connectivity index (χ3v) is 7.50. The van der Waals surface area contributed by atoms with Crippen LogP contribution in [0.2, 0.25) is 5.02 Å². The van der Waals surface area contributed by atoms with Crippen molar-refractivity contribution < 1.29 is 23.9 Å². The number of hydrogen-bond acceptors (Lipinski definition) is 5. The molecule has 216 valence electrons. The molecular weight excluding hydrogens is 530 g/mol. The lowest BCUT2D eigenvalue weighted by Gasteiger charge is -2.27. The molecule has 0 heterocycles. The van der Waals surface area contributed by atoms with Gasteiger partial charge in [-0.1, -0.05) is 93.1 Å². The second-order valence-corrected chi connectivity index (χ2v) is 11.0. The zero-order valence-corrected chi connectivity index (χ0v) is 23.8. The molecule has 1 saturated carbocycles. The maximum atomic E-state index is 13.3. The Bertz CT molecular complexity index is 1110. The molecule has 3 rings (SSSR count). The van der Waals surface area contributed by atoms with Crippen LogP contribution in [0.3, 0.4) is 0 Å². The van der Waals surface area contributed by atoms with Crippen molar-refractivity contribution >= 4 is 35.8 Å². The lowest BCUT2D eigenvalue weighted by atomic mass is 9.84. The van der Waals surface area contributed by atoms with Gasteiger partial charge in [0.15, 0.2) is 0 Å². The number of carbonyl (C=O) groups is 4. The summed E-state index contributed by atoms with van der Waals surface area (Å²) in [5, 5.41) is 8.87. The minimum Gasteiger partial charge on any atom is -0.445 e. The number of amides is 3. The number of hydrogen-bond donors (Lipinski definition) is 3. The fourth-order valence-electron chi connectivity index (χ4n) is 5.02. The molecule has 0 saturated heterocycles. The Kier molecular flexibility index (Phi) is 13.0. The molecule has 1 fully saturated rings. The van der Waals surface area contributed by atoms with Crippen LogP contribution in [0.4, 0.5) is 4.79 Å². The molecule has 2 aromatic rings. The third-order valence-electron chi connectivity index (χ3n) is 7.26. The minimum absolute atomic E-state index is 0.0119. The summed E-state index contributed by atoms with van der Waals surface area (Å²) >= 11 is 6.00. The van der Waals surface area contributed by atoms with E-state index in [1.165, 1.54) is 6.42 Å². The predicted octanol–water partition coefficient (Wildman–Crippen LogP) is 4.97. The SMILES string of the molecule is CC(CC(C=O)NC(=O)[C@H](CC1CCCCC1)NC(=O)OCc1cccc(Cl)c1)C(=O)NCCc1ccccc1. The molecule has 0 aromatic heterocycles. The van der Waals surface area contributed by atoms with E-state index in [1.54, 1.807) is 31.2 Å². The van der Waals surface area contributed by atoms with Gasteiger partial charge in [0.1, 0.15) is 18.9 Å². The summed E-state index contributed by atoms with van der Waals surface area (Å²) in [5.41, 5.74) is 1.85. The van der Waals surface area contributed by atoms with Crippen LogP contribution in [0.15, 0.2) is 54.6 Å². The molecule has 0 spiro atoms. The van der Waals surface area contributed by atoms with Crippen molar-refractivity contribution in [2.75, 3.05) is 6.54 Å². The highest BCUT2D eigenvalue weighted by atomic mass is 35.5. The lowest BCUT2D eigenvalue weighted by Crippen LogP contribution is -2.51. The molecule has 1 aliphatic carbocycles. The zero-order valence-electron chi connectivity index (χ0n) is 23.1.